The first-order valence-electron chi connectivity index (χ1n) is 6.93. The first-order chi connectivity index (χ1) is 9.56. The van der Waals surface area contributed by atoms with E-state index >= 15 is 0 Å². The van der Waals surface area contributed by atoms with Crippen molar-refractivity contribution >= 4 is 17.7 Å². The molecule has 1 aliphatic carbocycles. The van der Waals surface area contributed by atoms with Crippen LogP contribution in [0.25, 0.3) is 0 Å². The zero-order valence-electron chi connectivity index (χ0n) is 11.5. The zero-order chi connectivity index (χ0) is 14.5. The van der Waals surface area contributed by atoms with Gasteiger partial charge in [-0.1, -0.05) is 19.8 Å². The molecule has 1 aromatic rings. The molecule has 1 fully saturated rings. The van der Waals surface area contributed by atoms with E-state index in [9.17, 15) is 13.6 Å². The van der Waals surface area contributed by atoms with E-state index in [4.69, 9.17) is 0 Å². The van der Waals surface area contributed by atoms with Gasteiger partial charge in [0.15, 0.2) is 11.6 Å². The second kappa shape index (κ2) is 7.07. The van der Waals surface area contributed by atoms with Crippen LogP contribution in [0.1, 0.15) is 32.6 Å². The molecule has 0 spiro atoms. The second-order valence-electron chi connectivity index (χ2n) is 5.30. The highest BCUT2D eigenvalue weighted by Gasteiger charge is 2.22. The fourth-order valence-electron chi connectivity index (χ4n) is 2.49. The summed E-state index contributed by atoms with van der Waals surface area (Å²) in [6.07, 6.45) is 4.58. The highest BCUT2D eigenvalue weighted by atomic mass is 32.2. The molecular formula is C15H19F2NOS. The van der Waals surface area contributed by atoms with Crippen LogP contribution in [-0.2, 0) is 4.79 Å². The standard InChI is InChI=1S/C15H19F2NOS/c1-10-4-2-3-5-14(10)18-15(19)9-20-11-6-7-12(16)13(17)8-11/h6-8,10,14H,2-5,9H2,1H3,(H,18,19)/t10-,14+/m0/s1. The van der Waals surface area contributed by atoms with Crippen LogP contribution in [0.4, 0.5) is 8.78 Å². The highest BCUT2D eigenvalue weighted by Crippen LogP contribution is 2.24. The molecule has 0 radical (unpaired) electrons. The predicted molar refractivity (Wildman–Crippen MR) is 76.6 cm³/mol. The first-order valence-corrected chi connectivity index (χ1v) is 7.92. The number of nitrogens with one attached hydrogen (secondary N) is 1. The van der Waals surface area contributed by atoms with Crippen LogP contribution in [0, 0.1) is 17.6 Å². The number of hydrogen-bond acceptors (Lipinski definition) is 2. The second-order valence-corrected chi connectivity index (χ2v) is 6.35. The van der Waals surface area contributed by atoms with E-state index in [1.165, 1.54) is 24.2 Å². The predicted octanol–water partition coefficient (Wildman–Crippen LogP) is 3.75. The molecule has 1 saturated carbocycles. The minimum absolute atomic E-state index is 0.0431. The molecule has 2 nitrogen and oxygen atoms in total. The highest BCUT2D eigenvalue weighted by molar-refractivity contribution is 8.00. The number of benzene rings is 1. The maximum atomic E-state index is 13.0. The summed E-state index contributed by atoms with van der Waals surface area (Å²) in [6.45, 7) is 2.16. The molecule has 1 N–H and O–H groups in total. The maximum Gasteiger partial charge on any atom is 0.230 e. The van der Waals surface area contributed by atoms with E-state index in [1.807, 2.05) is 0 Å². The van der Waals surface area contributed by atoms with Crippen LogP contribution >= 0.6 is 11.8 Å². The van der Waals surface area contributed by atoms with Gasteiger partial charge in [-0.3, -0.25) is 4.79 Å². The van der Waals surface area contributed by atoms with Crippen molar-refractivity contribution in [2.75, 3.05) is 5.75 Å². The lowest BCUT2D eigenvalue weighted by atomic mass is 9.86. The number of halogens is 2. The third-order valence-electron chi connectivity index (χ3n) is 3.72. The Morgan fingerprint density at radius 1 is 1.30 bits per heavy atom. The molecule has 0 saturated heterocycles. The van der Waals surface area contributed by atoms with E-state index in [1.54, 1.807) is 0 Å². The first kappa shape index (κ1) is 15.3. The molecule has 2 atom stereocenters. The zero-order valence-corrected chi connectivity index (χ0v) is 12.3. The van der Waals surface area contributed by atoms with Gasteiger partial charge in [0.25, 0.3) is 0 Å². The fraction of sp³-hybridized carbons (Fsp3) is 0.533. The molecule has 1 aliphatic rings. The number of rotatable bonds is 4. The van der Waals surface area contributed by atoms with Crippen LogP contribution in [0.15, 0.2) is 23.1 Å². The molecule has 0 heterocycles. The Kier molecular flexibility index (Phi) is 5.40. The summed E-state index contributed by atoms with van der Waals surface area (Å²) in [7, 11) is 0. The smallest absolute Gasteiger partial charge is 0.230 e. The summed E-state index contributed by atoms with van der Waals surface area (Å²) >= 11 is 1.22. The van der Waals surface area contributed by atoms with E-state index in [2.05, 4.69) is 12.2 Å². The number of carbonyl (C=O) groups excluding carboxylic acids is 1. The monoisotopic (exact) mass is 299 g/mol. The maximum absolute atomic E-state index is 13.0. The Morgan fingerprint density at radius 2 is 2.05 bits per heavy atom. The molecule has 0 aromatic heterocycles. The minimum Gasteiger partial charge on any atom is -0.352 e. The molecule has 1 amide bonds. The Morgan fingerprint density at radius 3 is 2.75 bits per heavy atom. The summed E-state index contributed by atoms with van der Waals surface area (Å²) < 4.78 is 25.8. The average molecular weight is 299 g/mol. The van der Waals surface area contributed by atoms with Crippen molar-refractivity contribution in [1.82, 2.24) is 5.32 Å². The van der Waals surface area contributed by atoms with Crippen molar-refractivity contribution < 1.29 is 13.6 Å². The van der Waals surface area contributed by atoms with Crippen molar-refractivity contribution in [3.05, 3.63) is 29.8 Å². The van der Waals surface area contributed by atoms with Gasteiger partial charge in [0.1, 0.15) is 0 Å². The van der Waals surface area contributed by atoms with E-state index in [-0.39, 0.29) is 17.7 Å². The Balaban J connectivity index is 1.81. The topological polar surface area (TPSA) is 29.1 Å². The number of carbonyl (C=O) groups is 1. The molecule has 0 unspecified atom stereocenters. The van der Waals surface area contributed by atoms with Gasteiger partial charge in [-0.2, -0.15) is 0 Å². The quantitative estimate of drug-likeness (QED) is 0.858. The SMILES string of the molecule is C[C@H]1CCCC[C@H]1NC(=O)CSc1ccc(F)c(F)c1. The lowest BCUT2D eigenvalue weighted by Gasteiger charge is -2.29. The van der Waals surface area contributed by atoms with Gasteiger partial charge < -0.3 is 5.32 Å². The normalized spacial score (nSPS) is 22.6. The number of amides is 1. The van der Waals surface area contributed by atoms with E-state index < -0.39 is 11.6 Å². The Labute approximate surface area is 122 Å². The van der Waals surface area contributed by atoms with E-state index in [0.717, 1.165) is 31.4 Å². The lowest BCUT2D eigenvalue weighted by molar-refractivity contribution is -0.119. The molecule has 2 rings (SSSR count). The lowest BCUT2D eigenvalue weighted by Crippen LogP contribution is -2.41. The van der Waals surface area contributed by atoms with Crippen LogP contribution in [0.5, 0.6) is 0 Å². The third kappa shape index (κ3) is 4.20. The van der Waals surface area contributed by atoms with Crippen LogP contribution in [0.3, 0.4) is 0 Å². The summed E-state index contributed by atoms with van der Waals surface area (Å²) in [5, 5.41) is 3.04. The van der Waals surface area contributed by atoms with Crippen molar-refractivity contribution in [1.29, 1.82) is 0 Å². The van der Waals surface area contributed by atoms with E-state index in [0.29, 0.717) is 10.8 Å². The summed E-state index contributed by atoms with van der Waals surface area (Å²) in [5.74, 6) is -1.04. The molecule has 20 heavy (non-hydrogen) atoms. The van der Waals surface area contributed by atoms with Gasteiger partial charge in [0.2, 0.25) is 5.91 Å². The molecule has 0 bridgehead atoms. The molecule has 5 heteroatoms. The fourth-order valence-corrected chi connectivity index (χ4v) is 3.23. The van der Waals surface area contributed by atoms with Crippen molar-refractivity contribution in [2.24, 2.45) is 5.92 Å². The van der Waals surface area contributed by atoms with Crippen molar-refractivity contribution in [3.8, 4) is 0 Å². The van der Waals surface area contributed by atoms with Gasteiger partial charge in [0, 0.05) is 10.9 Å². The molecule has 110 valence electrons. The molecule has 1 aromatic carbocycles. The largest absolute Gasteiger partial charge is 0.352 e. The Hall–Kier alpha value is -1.10. The van der Waals surface area contributed by atoms with Gasteiger partial charge in [-0.25, -0.2) is 8.78 Å². The van der Waals surface area contributed by atoms with Crippen molar-refractivity contribution in [2.45, 2.75) is 43.5 Å². The number of hydrogen-bond donors (Lipinski definition) is 1. The number of thioether (sulfide) groups is 1. The summed E-state index contributed by atoms with van der Waals surface area (Å²) in [6, 6.07) is 3.94. The van der Waals surface area contributed by atoms with Gasteiger partial charge >= 0.3 is 0 Å². The average Bonchev–Trinajstić information content (AvgIpc) is 2.43. The van der Waals surface area contributed by atoms with Gasteiger partial charge in [0.05, 0.1) is 5.75 Å². The third-order valence-corrected chi connectivity index (χ3v) is 4.71. The molecule has 0 aliphatic heterocycles. The van der Waals surface area contributed by atoms with Crippen LogP contribution < -0.4 is 5.32 Å². The van der Waals surface area contributed by atoms with Gasteiger partial charge in [-0.05, 0) is 37.0 Å². The van der Waals surface area contributed by atoms with Crippen LogP contribution in [0.2, 0.25) is 0 Å². The van der Waals surface area contributed by atoms with Crippen molar-refractivity contribution in [3.63, 3.8) is 0 Å². The molecular weight excluding hydrogens is 280 g/mol. The minimum atomic E-state index is -0.878. The van der Waals surface area contributed by atoms with Gasteiger partial charge in [-0.15, -0.1) is 11.8 Å². The summed E-state index contributed by atoms with van der Waals surface area (Å²) in [5.41, 5.74) is 0. The summed E-state index contributed by atoms with van der Waals surface area (Å²) in [4.78, 5) is 12.4. The van der Waals surface area contributed by atoms with Crippen LogP contribution in [-0.4, -0.2) is 17.7 Å². The Bertz CT molecular complexity index is 481.